The molecule has 5 nitrogen and oxygen atoms in total. The molecule has 0 bridgehead atoms. The molecule has 1 fully saturated rings. The molecule has 15 heavy (non-hydrogen) atoms. The van der Waals surface area contributed by atoms with Gasteiger partial charge in [-0.1, -0.05) is 0 Å². The molecule has 2 heterocycles. The Bertz CT molecular complexity index is 377. The van der Waals surface area contributed by atoms with E-state index in [9.17, 15) is 4.79 Å². The van der Waals surface area contributed by atoms with Gasteiger partial charge >= 0.3 is 0 Å². The van der Waals surface area contributed by atoms with Crippen LogP contribution in [0.2, 0.25) is 0 Å². The number of nitrogens with one attached hydrogen (secondary N) is 1. The smallest absolute Gasteiger partial charge is 0.290 e. The fourth-order valence-corrected chi connectivity index (χ4v) is 1.89. The first-order chi connectivity index (χ1) is 7.31. The second-order valence-corrected chi connectivity index (χ2v) is 3.69. The molecule has 0 amide bonds. The molecule has 0 aliphatic carbocycles. The lowest BCUT2D eigenvalue weighted by Crippen LogP contribution is -2.42. The summed E-state index contributed by atoms with van der Waals surface area (Å²) in [5.41, 5.74) is -0.130. The molecule has 2 rings (SSSR count). The Kier molecular flexibility index (Phi) is 3.01. The van der Waals surface area contributed by atoms with Crippen molar-refractivity contribution in [2.75, 3.05) is 25.1 Å². The average molecular weight is 209 g/mol. The Balaban J connectivity index is 2.17. The van der Waals surface area contributed by atoms with Crippen LogP contribution in [0.4, 0.5) is 5.82 Å². The number of aromatic amines is 1. The molecular weight excluding hydrogens is 194 g/mol. The van der Waals surface area contributed by atoms with E-state index in [-0.39, 0.29) is 11.7 Å². The fourth-order valence-electron chi connectivity index (χ4n) is 1.89. The van der Waals surface area contributed by atoms with Crippen LogP contribution in [0.3, 0.4) is 0 Å². The van der Waals surface area contributed by atoms with E-state index >= 15 is 0 Å². The molecule has 1 aromatic rings. The molecule has 1 aromatic heterocycles. The standard InChI is InChI=1S/C10H15N3O2/c1-15-8-3-2-6-13(7-8)9-10(14)12-5-4-11-9/h4-5,8H,2-3,6-7H2,1H3,(H,12,14). The van der Waals surface area contributed by atoms with Gasteiger partial charge in [0, 0.05) is 32.6 Å². The Labute approximate surface area is 88.1 Å². The molecule has 0 radical (unpaired) electrons. The highest BCUT2D eigenvalue weighted by atomic mass is 16.5. The zero-order valence-corrected chi connectivity index (χ0v) is 8.77. The van der Waals surface area contributed by atoms with Gasteiger partial charge in [-0.3, -0.25) is 4.79 Å². The SMILES string of the molecule is COC1CCCN(c2ncc[nH]c2=O)C1. The van der Waals surface area contributed by atoms with Crippen LogP contribution in [-0.2, 0) is 4.74 Å². The van der Waals surface area contributed by atoms with Crippen molar-refractivity contribution in [3.05, 3.63) is 22.7 Å². The minimum absolute atomic E-state index is 0.130. The normalized spacial score (nSPS) is 21.7. The van der Waals surface area contributed by atoms with Gasteiger partial charge in [-0.25, -0.2) is 4.98 Å². The summed E-state index contributed by atoms with van der Waals surface area (Å²) in [6, 6.07) is 0. The number of hydrogen-bond acceptors (Lipinski definition) is 4. The summed E-state index contributed by atoms with van der Waals surface area (Å²) < 4.78 is 5.30. The highest BCUT2D eigenvalue weighted by molar-refractivity contribution is 5.35. The van der Waals surface area contributed by atoms with E-state index in [1.165, 1.54) is 0 Å². The van der Waals surface area contributed by atoms with Gasteiger partial charge in [-0.15, -0.1) is 0 Å². The summed E-state index contributed by atoms with van der Waals surface area (Å²) in [7, 11) is 1.71. The van der Waals surface area contributed by atoms with Gasteiger partial charge in [0.25, 0.3) is 5.56 Å². The summed E-state index contributed by atoms with van der Waals surface area (Å²) in [6.07, 6.45) is 5.45. The third-order valence-corrected chi connectivity index (χ3v) is 2.70. The van der Waals surface area contributed by atoms with Crippen LogP contribution in [0.1, 0.15) is 12.8 Å². The largest absolute Gasteiger partial charge is 0.380 e. The Hall–Kier alpha value is -1.36. The topological polar surface area (TPSA) is 58.2 Å². The Morgan fingerprint density at radius 1 is 1.67 bits per heavy atom. The molecular formula is C10H15N3O2. The van der Waals surface area contributed by atoms with Gasteiger partial charge in [0.15, 0.2) is 5.82 Å². The maximum atomic E-state index is 11.5. The van der Waals surface area contributed by atoms with Gasteiger partial charge in [-0.05, 0) is 12.8 Å². The Morgan fingerprint density at radius 3 is 3.27 bits per heavy atom. The van der Waals surface area contributed by atoms with Crippen LogP contribution < -0.4 is 10.5 Å². The van der Waals surface area contributed by atoms with E-state index in [0.717, 1.165) is 25.9 Å². The van der Waals surface area contributed by atoms with Gasteiger partial charge in [-0.2, -0.15) is 0 Å². The molecule has 82 valence electrons. The number of hydrogen-bond donors (Lipinski definition) is 1. The van der Waals surface area contributed by atoms with Gasteiger partial charge in [0.05, 0.1) is 6.10 Å². The van der Waals surface area contributed by atoms with E-state index in [1.54, 1.807) is 19.5 Å². The van der Waals surface area contributed by atoms with Gasteiger partial charge in [0.2, 0.25) is 0 Å². The molecule has 1 aliphatic heterocycles. The quantitative estimate of drug-likeness (QED) is 0.765. The van der Waals surface area contributed by atoms with Gasteiger partial charge < -0.3 is 14.6 Å². The maximum absolute atomic E-state index is 11.5. The molecule has 5 heteroatoms. The summed E-state index contributed by atoms with van der Waals surface area (Å²) in [4.78, 5) is 20.2. The van der Waals surface area contributed by atoms with Crippen LogP contribution in [0.5, 0.6) is 0 Å². The lowest BCUT2D eigenvalue weighted by molar-refractivity contribution is 0.0890. The number of nitrogens with zero attached hydrogens (tertiary/aromatic N) is 2. The lowest BCUT2D eigenvalue weighted by Gasteiger charge is -2.31. The number of ether oxygens (including phenoxy) is 1. The molecule has 1 unspecified atom stereocenters. The number of piperidine rings is 1. The molecule has 0 saturated carbocycles. The van der Waals surface area contributed by atoms with E-state index in [2.05, 4.69) is 9.97 Å². The van der Waals surface area contributed by atoms with Crippen LogP contribution in [0, 0.1) is 0 Å². The average Bonchev–Trinajstić information content (AvgIpc) is 2.30. The molecule has 0 aromatic carbocycles. The molecule has 1 saturated heterocycles. The van der Waals surface area contributed by atoms with Crippen LogP contribution >= 0.6 is 0 Å². The number of anilines is 1. The van der Waals surface area contributed by atoms with Gasteiger partial charge in [0.1, 0.15) is 0 Å². The van der Waals surface area contributed by atoms with Crippen molar-refractivity contribution >= 4 is 5.82 Å². The summed E-state index contributed by atoms with van der Waals surface area (Å²) >= 11 is 0. The predicted molar refractivity (Wildman–Crippen MR) is 57.1 cm³/mol. The van der Waals surface area contributed by atoms with Crippen molar-refractivity contribution < 1.29 is 4.74 Å². The molecule has 0 spiro atoms. The zero-order valence-electron chi connectivity index (χ0n) is 8.77. The first-order valence-corrected chi connectivity index (χ1v) is 5.12. The Morgan fingerprint density at radius 2 is 2.53 bits per heavy atom. The van der Waals surface area contributed by atoms with E-state index < -0.39 is 0 Å². The molecule has 1 atom stereocenters. The number of aromatic nitrogens is 2. The van der Waals surface area contributed by atoms with Crippen molar-refractivity contribution in [1.82, 2.24) is 9.97 Å². The third kappa shape index (κ3) is 2.18. The van der Waals surface area contributed by atoms with Crippen molar-refractivity contribution in [3.8, 4) is 0 Å². The fraction of sp³-hybridized carbons (Fsp3) is 0.600. The van der Waals surface area contributed by atoms with Crippen molar-refractivity contribution in [3.63, 3.8) is 0 Å². The number of H-pyrrole nitrogens is 1. The first-order valence-electron chi connectivity index (χ1n) is 5.12. The second kappa shape index (κ2) is 4.44. The van der Waals surface area contributed by atoms with E-state index in [1.807, 2.05) is 4.90 Å². The minimum atomic E-state index is -0.130. The number of rotatable bonds is 2. The summed E-state index contributed by atoms with van der Waals surface area (Å²) in [5.74, 6) is 0.499. The monoisotopic (exact) mass is 209 g/mol. The molecule has 1 N–H and O–H groups in total. The highest BCUT2D eigenvalue weighted by Crippen LogP contribution is 2.15. The van der Waals surface area contributed by atoms with E-state index in [0.29, 0.717) is 5.82 Å². The zero-order chi connectivity index (χ0) is 10.7. The first kappa shape index (κ1) is 10.2. The summed E-state index contributed by atoms with van der Waals surface area (Å²) in [6.45, 7) is 1.62. The van der Waals surface area contributed by atoms with Crippen LogP contribution in [0.25, 0.3) is 0 Å². The lowest BCUT2D eigenvalue weighted by atomic mass is 10.1. The minimum Gasteiger partial charge on any atom is -0.380 e. The summed E-state index contributed by atoms with van der Waals surface area (Å²) in [5, 5.41) is 0. The van der Waals surface area contributed by atoms with Crippen molar-refractivity contribution in [2.45, 2.75) is 18.9 Å². The van der Waals surface area contributed by atoms with Crippen LogP contribution in [0.15, 0.2) is 17.2 Å². The molecule has 1 aliphatic rings. The van der Waals surface area contributed by atoms with Crippen molar-refractivity contribution in [2.24, 2.45) is 0 Å². The highest BCUT2D eigenvalue weighted by Gasteiger charge is 2.21. The van der Waals surface area contributed by atoms with Crippen LogP contribution in [-0.4, -0.2) is 36.3 Å². The van der Waals surface area contributed by atoms with E-state index in [4.69, 9.17) is 4.74 Å². The third-order valence-electron chi connectivity index (χ3n) is 2.70. The number of methoxy groups -OCH3 is 1. The predicted octanol–water partition coefficient (Wildman–Crippen LogP) is 0.385. The second-order valence-electron chi connectivity index (χ2n) is 3.69. The van der Waals surface area contributed by atoms with Crippen molar-refractivity contribution in [1.29, 1.82) is 0 Å². The maximum Gasteiger partial charge on any atom is 0.290 e.